The largest absolute Gasteiger partial charge is 0.496 e. The van der Waals surface area contributed by atoms with E-state index in [4.69, 9.17) is 9.47 Å². The Morgan fingerprint density at radius 2 is 1.76 bits per heavy atom. The Bertz CT molecular complexity index is 1220. The molecule has 3 rings (SSSR count). The summed E-state index contributed by atoms with van der Waals surface area (Å²) in [4.78, 5) is 14.6. The number of anilines is 1. The van der Waals surface area contributed by atoms with Gasteiger partial charge in [0, 0.05) is 30.4 Å². The van der Waals surface area contributed by atoms with Crippen LogP contribution in [0.2, 0.25) is 0 Å². The highest BCUT2D eigenvalue weighted by Gasteiger charge is 2.19. The third-order valence-corrected chi connectivity index (χ3v) is 6.38. The second-order valence-electron chi connectivity index (χ2n) is 7.57. The van der Waals surface area contributed by atoms with Gasteiger partial charge in [0.1, 0.15) is 11.5 Å². The number of benzene rings is 3. The Morgan fingerprint density at radius 3 is 2.42 bits per heavy atom. The van der Waals surface area contributed by atoms with E-state index in [0.29, 0.717) is 30.3 Å². The molecule has 7 nitrogen and oxygen atoms in total. The van der Waals surface area contributed by atoms with E-state index in [0.717, 1.165) is 11.1 Å². The summed E-state index contributed by atoms with van der Waals surface area (Å²) in [5.41, 5.74) is 2.60. The molecule has 8 heteroatoms. The number of hydrogen-bond donors (Lipinski definition) is 1. The fourth-order valence-electron chi connectivity index (χ4n) is 3.37. The average Bonchev–Trinajstić information content (AvgIpc) is 2.80. The maximum atomic E-state index is 13.0. The number of ether oxygens (including phenoxy) is 2. The minimum absolute atomic E-state index is 0.00349. The van der Waals surface area contributed by atoms with Crippen molar-refractivity contribution in [3.8, 4) is 11.5 Å². The number of nitrogens with zero attached hydrogens (tertiary/aromatic N) is 1. The van der Waals surface area contributed by atoms with Crippen LogP contribution < -0.4 is 14.2 Å². The van der Waals surface area contributed by atoms with Crippen LogP contribution in [0.15, 0.2) is 71.6 Å². The number of sulfonamides is 1. The van der Waals surface area contributed by atoms with Gasteiger partial charge in [-0.1, -0.05) is 23.8 Å². The van der Waals surface area contributed by atoms with Gasteiger partial charge in [0.05, 0.1) is 18.6 Å². The summed E-state index contributed by atoms with van der Waals surface area (Å²) in [6.07, 6.45) is 0. The summed E-state index contributed by atoms with van der Waals surface area (Å²) in [6, 6.07) is 18.4. The second-order valence-corrected chi connectivity index (χ2v) is 9.25. The average molecular weight is 469 g/mol. The molecule has 0 aromatic heterocycles. The zero-order valence-corrected chi connectivity index (χ0v) is 20.0. The third kappa shape index (κ3) is 6.04. The van der Waals surface area contributed by atoms with Crippen molar-refractivity contribution in [1.82, 2.24) is 4.90 Å². The summed E-state index contributed by atoms with van der Waals surface area (Å²) in [5.74, 6) is 1.05. The third-order valence-electron chi connectivity index (χ3n) is 5.00. The maximum Gasteiger partial charge on any atom is 0.261 e. The van der Waals surface area contributed by atoms with Crippen LogP contribution in [0.4, 0.5) is 5.69 Å². The van der Waals surface area contributed by atoms with Crippen molar-refractivity contribution in [3.05, 3.63) is 83.4 Å². The van der Waals surface area contributed by atoms with Gasteiger partial charge in [-0.05, 0) is 62.4 Å². The van der Waals surface area contributed by atoms with Crippen molar-refractivity contribution in [2.24, 2.45) is 0 Å². The molecule has 0 atom stereocenters. The minimum Gasteiger partial charge on any atom is -0.496 e. The van der Waals surface area contributed by atoms with E-state index in [2.05, 4.69) is 4.72 Å². The van der Waals surface area contributed by atoms with Crippen LogP contribution >= 0.6 is 0 Å². The van der Waals surface area contributed by atoms with Crippen LogP contribution in [0.5, 0.6) is 11.5 Å². The summed E-state index contributed by atoms with van der Waals surface area (Å²) in [7, 11) is -0.622. The molecule has 3 aromatic rings. The first-order chi connectivity index (χ1) is 15.7. The lowest BCUT2D eigenvalue weighted by atomic mass is 10.1. The van der Waals surface area contributed by atoms with Crippen LogP contribution in [-0.4, -0.2) is 40.0 Å². The van der Waals surface area contributed by atoms with E-state index in [1.54, 1.807) is 50.6 Å². The molecule has 33 heavy (non-hydrogen) atoms. The zero-order chi connectivity index (χ0) is 24.0. The van der Waals surface area contributed by atoms with Gasteiger partial charge >= 0.3 is 0 Å². The monoisotopic (exact) mass is 468 g/mol. The summed E-state index contributed by atoms with van der Waals surface area (Å²) in [6.45, 7) is 4.69. The Balaban J connectivity index is 1.77. The normalized spacial score (nSPS) is 11.0. The van der Waals surface area contributed by atoms with E-state index in [-0.39, 0.29) is 16.4 Å². The number of carbonyl (C=O) groups excluding carboxylic acids is 1. The molecule has 0 aliphatic carbocycles. The van der Waals surface area contributed by atoms with Gasteiger partial charge in [-0.3, -0.25) is 9.52 Å². The molecule has 0 spiro atoms. The van der Waals surface area contributed by atoms with E-state index in [9.17, 15) is 13.2 Å². The topological polar surface area (TPSA) is 84.9 Å². The van der Waals surface area contributed by atoms with Crippen molar-refractivity contribution < 1.29 is 22.7 Å². The molecule has 1 amide bonds. The molecule has 0 bridgehead atoms. The number of methoxy groups -OCH3 is 1. The number of amides is 1. The number of hydrogen-bond acceptors (Lipinski definition) is 5. The Kier molecular flexibility index (Phi) is 7.60. The van der Waals surface area contributed by atoms with Crippen LogP contribution in [-0.2, 0) is 16.6 Å². The van der Waals surface area contributed by atoms with E-state index in [1.165, 1.54) is 17.0 Å². The van der Waals surface area contributed by atoms with Crippen molar-refractivity contribution in [2.45, 2.75) is 25.3 Å². The SMILES string of the molecule is CCOc1ccc(NS(=O)(=O)c2cccc(C(=O)N(C)Cc3cc(C)ccc3OC)c2)cc1. The highest BCUT2D eigenvalue weighted by Crippen LogP contribution is 2.23. The second kappa shape index (κ2) is 10.4. The van der Waals surface area contributed by atoms with Gasteiger partial charge in [0.15, 0.2) is 0 Å². The van der Waals surface area contributed by atoms with Gasteiger partial charge in [0.2, 0.25) is 0 Å². The molecule has 174 valence electrons. The first-order valence-electron chi connectivity index (χ1n) is 10.5. The molecule has 0 saturated heterocycles. The molecule has 0 heterocycles. The summed E-state index contributed by atoms with van der Waals surface area (Å²) >= 11 is 0. The van der Waals surface area contributed by atoms with Crippen LogP contribution in [0.25, 0.3) is 0 Å². The fourth-order valence-corrected chi connectivity index (χ4v) is 4.48. The first-order valence-corrected chi connectivity index (χ1v) is 12.0. The summed E-state index contributed by atoms with van der Waals surface area (Å²) in [5, 5.41) is 0. The van der Waals surface area contributed by atoms with E-state index >= 15 is 0 Å². The Labute approximate surface area is 195 Å². The summed E-state index contributed by atoms with van der Waals surface area (Å²) < 4.78 is 39.1. The first kappa shape index (κ1) is 24.1. The van der Waals surface area contributed by atoms with E-state index < -0.39 is 10.0 Å². The Morgan fingerprint density at radius 1 is 1.03 bits per heavy atom. The van der Waals surface area contributed by atoms with Crippen molar-refractivity contribution in [2.75, 3.05) is 25.5 Å². The minimum atomic E-state index is -3.88. The smallest absolute Gasteiger partial charge is 0.261 e. The highest BCUT2D eigenvalue weighted by atomic mass is 32.2. The molecular weight excluding hydrogens is 440 g/mol. The van der Waals surface area contributed by atoms with Crippen LogP contribution in [0.1, 0.15) is 28.4 Å². The molecule has 0 aliphatic rings. The van der Waals surface area contributed by atoms with Crippen molar-refractivity contribution in [3.63, 3.8) is 0 Å². The molecule has 0 aliphatic heterocycles. The molecule has 3 aromatic carbocycles. The quantitative estimate of drug-likeness (QED) is 0.501. The molecule has 0 radical (unpaired) electrons. The number of carbonyl (C=O) groups is 1. The highest BCUT2D eigenvalue weighted by molar-refractivity contribution is 7.92. The van der Waals surface area contributed by atoms with Crippen LogP contribution in [0, 0.1) is 6.92 Å². The zero-order valence-electron chi connectivity index (χ0n) is 19.2. The molecule has 0 fully saturated rings. The van der Waals surface area contributed by atoms with Crippen LogP contribution in [0.3, 0.4) is 0 Å². The van der Waals surface area contributed by atoms with E-state index in [1.807, 2.05) is 32.0 Å². The predicted molar refractivity (Wildman–Crippen MR) is 128 cm³/mol. The Hall–Kier alpha value is -3.52. The van der Waals surface area contributed by atoms with Gasteiger partial charge in [-0.25, -0.2) is 8.42 Å². The lowest BCUT2D eigenvalue weighted by Crippen LogP contribution is -2.26. The fraction of sp³-hybridized carbons (Fsp3) is 0.240. The predicted octanol–water partition coefficient (Wildman–Crippen LogP) is 4.48. The molecular formula is C25H28N2O5S. The standard InChI is InChI=1S/C25H28N2O5S/c1-5-32-22-12-10-21(11-13-22)26-33(29,30)23-8-6-7-19(16-23)25(28)27(3)17-20-15-18(2)9-14-24(20)31-4/h6-16,26H,5,17H2,1-4H3. The number of rotatable bonds is 9. The van der Waals surface area contributed by atoms with Gasteiger partial charge < -0.3 is 14.4 Å². The van der Waals surface area contributed by atoms with Crippen molar-refractivity contribution in [1.29, 1.82) is 0 Å². The van der Waals surface area contributed by atoms with Gasteiger partial charge in [-0.15, -0.1) is 0 Å². The molecule has 0 unspecified atom stereocenters. The maximum absolute atomic E-state index is 13.0. The molecule has 1 N–H and O–H groups in total. The molecule has 0 saturated carbocycles. The van der Waals surface area contributed by atoms with Crippen molar-refractivity contribution >= 4 is 21.6 Å². The lowest BCUT2D eigenvalue weighted by molar-refractivity contribution is 0.0784. The number of aryl methyl sites for hydroxylation is 1. The van der Waals surface area contributed by atoms with Gasteiger partial charge in [-0.2, -0.15) is 0 Å². The van der Waals surface area contributed by atoms with Gasteiger partial charge in [0.25, 0.3) is 15.9 Å². The number of nitrogens with one attached hydrogen (secondary N) is 1. The lowest BCUT2D eigenvalue weighted by Gasteiger charge is -2.20.